The predicted molar refractivity (Wildman–Crippen MR) is 62.8 cm³/mol. The Balaban J connectivity index is 2.98. The van der Waals surface area contributed by atoms with Crippen LogP contribution in [0.5, 0.6) is 0 Å². The van der Waals surface area contributed by atoms with Crippen molar-refractivity contribution in [2.45, 2.75) is 12.5 Å². The third kappa shape index (κ3) is 2.80. The Kier molecular flexibility index (Phi) is 4.45. The van der Waals surface area contributed by atoms with Crippen LogP contribution in [0.25, 0.3) is 0 Å². The molecule has 72 valence electrons. The van der Waals surface area contributed by atoms with Crippen LogP contribution in [-0.2, 0) is 0 Å². The lowest BCUT2D eigenvalue weighted by atomic mass is 10.1. The fourth-order valence-electron chi connectivity index (χ4n) is 1.15. The van der Waals surface area contributed by atoms with Crippen molar-refractivity contribution in [2.75, 3.05) is 6.61 Å². The van der Waals surface area contributed by atoms with Gasteiger partial charge in [-0.3, -0.25) is 0 Å². The van der Waals surface area contributed by atoms with Gasteiger partial charge in [-0.15, -0.1) is 0 Å². The maximum Gasteiger partial charge on any atom is 0.0464 e. The average molecular weight is 312 g/mol. The molecule has 0 aliphatic rings. The summed E-state index contributed by atoms with van der Waals surface area (Å²) in [5.74, 6) is 0. The molecule has 1 aromatic carbocycles. The Morgan fingerprint density at radius 2 is 2.23 bits per heavy atom. The molecule has 1 atom stereocenters. The lowest BCUT2D eigenvalue weighted by Gasteiger charge is -2.13. The van der Waals surface area contributed by atoms with Gasteiger partial charge in [-0.1, -0.05) is 17.7 Å². The number of hydrogen-bond acceptors (Lipinski definition) is 2. The van der Waals surface area contributed by atoms with Crippen LogP contribution in [0, 0.1) is 3.57 Å². The zero-order chi connectivity index (χ0) is 9.84. The van der Waals surface area contributed by atoms with Gasteiger partial charge in [-0.05, 0) is 41.1 Å². The molecule has 0 aliphatic heterocycles. The van der Waals surface area contributed by atoms with Crippen LogP contribution in [0.2, 0.25) is 5.02 Å². The van der Waals surface area contributed by atoms with Gasteiger partial charge >= 0.3 is 0 Å². The summed E-state index contributed by atoms with van der Waals surface area (Å²) in [4.78, 5) is 0. The summed E-state index contributed by atoms with van der Waals surface area (Å²) in [6, 6.07) is 5.49. The van der Waals surface area contributed by atoms with E-state index in [0.29, 0.717) is 11.4 Å². The summed E-state index contributed by atoms with van der Waals surface area (Å²) in [6.45, 7) is 0.0858. The lowest BCUT2D eigenvalue weighted by Crippen LogP contribution is -2.13. The largest absolute Gasteiger partial charge is 0.396 e. The van der Waals surface area contributed by atoms with E-state index in [-0.39, 0.29) is 12.6 Å². The van der Waals surface area contributed by atoms with Gasteiger partial charge in [0.25, 0.3) is 0 Å². The van der Waals surface area contributed by atoms with Crippen molar-refractivity contribution in [1.29, 1.82) is 0 Å². The van der Waals surface area contributed by atoms with Crippen molar-refractivity contribution in [3.05, 3.63) is 32.4 Å². The van der Waals surface area contributed by atoms with Gasteiger partial charge in [0.15, 0.2) is 0 Å². The van der Waals surface area contributed by atoms with Crippen molar-refractivity contribution in [3.63, 3.8) is 0 Å². The normalized spacial score (nSPS) is 12.9. The second-order valence-electron chi connectivity index (χ2n) is 2.75. The van der Waals surface area contributed by atoms with Crippen LogP contribution in [0.15, 0.2) is 18.2 Å². The fourth-order valence-corrected chi connectivity index (χ4v) is 2.52. The number of aliphatic hydroxyl groups excluding tert-OH is 1. The van der Waals surface area contributed by atoms with E-state index in [4.69, 9.17) is 22.4 Å². The van der Waals surface area contributed by atoms with Gasteiger partial charge < -0.3 is 10.8 Å². The highest BCUT2D eigenvalue weighted by Crippen LogP contribution is 2.27. The van der Waals surface area contributed by atoms with Crippen molar-refractivity contribution in [2.24, 2.45) is 5.73 Å². The van der Waals surface area contributed by atoms with E-state index in [0.717, 1.165) is 9.13 Å². The number of aliphatic hydroxyl groups is 1. The van der Waals surface area contributed by atoms with Gasteiger partial charge in [0.05, 0.1) is 0 Å². The topological polar surface area (TPSA) is 46.2 Å². The van der Waals surface area contributed by atoms with Crippen molar-refractivity contribution in [1.82, 2.24) is 0 Å². The molecule has 0 amide bonds. The van der Waals surface area contributed by atoms with E-state index in [9.17, 15) is 0 Å². The van der Waals surface area contributed by atoms with Crippen molar-refractivity contribution >= 4 is 34.2 Å². The molecule has 0 fully saturated rings. The Bertz CT molecular complexity index is 273. The molecule has 1 unspecified atom stereocenters. The fraction of sp³-hybridized carbons (Fsp3) is 0.333. The molecule has 0 radical (unpaired) electrons. The minimum Gasteiger partial charge on any atom is -0.396 e. The molecular weight excluding hydrogens is 300 g/mol. The highest BCUT2D eigenvalue weighted by atomic mass is 127. The van der Waals surface area contributed by atoms with E-state index < -0.39 is 0 Å². The quantitative estimate of drug-likeness (QED) is 0.842. The lowest BCUT2D eigenvalue weighted by molar-refractivity contribution is 0.276. The first-order valence-corrected chi connectivity index (χ1v) is 5.43. The van der Waals surface area contributed by atoms with Crippen molar-refractivity contribution < 1.29 is 5.11 Å². The zero-order valence-electron chi connectivity index (χ0n) is 7.00. The second kappa shape index (κ2) is 5.14. The Morgan fingerprint density at radius 1 is 1.54 bits per heavy atom. The number of halogens is 2. The van der Waals surface area contributed by atoms with Gasteiger partial charge in [0.2, 0.25) is 0 Å². The molecule has 3 N–H and O–H groups in total. The number of hydrogen-bond donors (Lipinski definition) is 2. The molecule has 0 aliphatic carbocycles. The standard InChI is InChI=1S/C9H11ClINO/c10-6-2-1-3-7(11)9(6)8(12)4-5-13/h1-3,8,13H,4-5,12H2. The van der Waals surface area contributed by atoms with E-state index in [1.807, 2.05) is 18.2 Å². The molecule has 0 saturated carbocycles. The minimum atomic E-state index is -0.175. The highest BCUT2D eigenvalue weighted by Gasteiger charge is 2.12. The average Bonchev–Trinajstić information content (AvgIpc) is 2.04. The SMILES string of the molecule is NC(CCO)c1c(Cl)cccc1I. The molecule has 1 rings (SSSR count). The van der Waals surface area contributed by atoms with E-state index in [1.165, 1.54) is 0 Å². The molecule has 4 heteroatoms. The van der Waals surface area contributed by atoms with Gasteiger partial charge in [-0.25, -0.2) is 0 Å². The molecule has 0 saturated heterocycles. The first-order chi connectivity index (χ1) is 6.16. The molecule has 0 heterocycles. The third-order valence-electron chi connectivity index (χ3n) is 1.81. The summed E-state index contributed by atoms with van der Waals surface area (Å²) in [5, 5.41) is 9.43. The minimum absolute atomic E-state index is 0.0858. The third-order valence-corrected chi connectivity index (χ3v) is 3.08. The summed E-state index contributed by atoms with van der Waals surface area (Å²) in [5.41, 5.74) is 6.79. The van der Waals surface area contributed by atoms with E-state index >= 15 is 0 Å². The van der Waals surface area contributed by atoms with Crippen LogP contribution in [0.1, 0.15) is 18.0 Å². The first kappa shape index (κ1) is 11.2. The number of benzene rings is 1. The monoisotopic (exact) mass is 311 g/mol. The van der Waals surface area contributed by atoms with Gasteiger partial charge in [0, 0.05) is 26.8 Å². The second-order valence-corrected chi connectivity index (χ2v) is 4.32. The molecule has 1 aromatic rings. The maximum absolute atomic E-state index is 8.75. The zero-order valence-corrected chi connectivity index (χ0v) is 9.92. The van der Waals surface area contributed by atoms with E-state index in [1.54, 1.807) is 0 Å². The molecule has 0 bridgehead atoms. The van der Waals surface area contributed by atoms with Crippen molar-refractivity contribution in [3.8, 4) is 0 Å². The molecule has 0 spiro atoms. The van der Waals surface area contributed by atoms with E-state index in [2.05, 4.69) is 22.6 Å². The van der Waals surface area contributed by atoms with Crippen LogP contribution >= 0.6 is 34.2 Å². The summed E-state index contributed by atoms with van der Waals surface area (Å²) < 4.78 is 1.05. The van der Waals surface area contributed by atoms with Crippen LogP contribution in [-0.4, -0.2) is 11.7 Å². The summed E-state index contributed by atoms with van der Waals surface area (Å²) >= 11 is 8.19. The Hall–Kier alpha value is 0.160. The van der Waals surface area contributed by atoms with Crippen LogP contribution < -0.4 is 5.73 Å². The summed E-state index contributed by atoms with van der Waals surface area (Å²) in [7, 11) is 0. The Labute approximate surface area is 96.2 Å². The number of nitrogens with two attached hydrogens (primary N) is 1. The molecule has 13 heavy (non-hydrogen) atoms. The smallest absolute Gasteiger partial charge is 0.0464 e. The van der Waals surface area contributed by atoms with Gasteiger partial charge in [-0.2, -0.15) is 0 Å². The Morgan fingerprint density at radius 3 is 2.77 bits per heavy atom. The molecule has 2 nitrogen and oxygen atoms in total. The molecule has 0 aromatic heterocycles. The number of rotatable bonds is 3. The first-order valence-electron chi connectivity index (χ1n) is 3.97. The van der Waals surface area contributed by atoms with Crippen LogP contribution in [0.4, 0.5) is 0 Å². The van der Waals surface area contributed by atoms with Gasteiger partial charge in [0.1, 0.15) is 0 Å². The maximum atomic E-state index is 8.75. The van der Waals surface area contributed by atoms with Crippen LogP contribution in [0.3, 0.4) is 0 Å². The molecular formula is C9H11ClINO. The summed E-state index contributed by atoms with van der Waals surface area (Å²) in [6.07, 6.45) is 0.541. The highest BCUT2D eigenvalue weighted by molar-refractivity contribution is 14.1. The predicted octanol–water partition coefficient (Wildman–Crippen LogP) is 2.33.